The zero-order valence-electron chi connectivity index (χ0n) is 9.44. The molecule has 1 aliphatic heterocycles. The Labute approximate surface area is 102 Å². The Morgan fingerprint density at radius 1 is 1.44 bits per heavy atom. The van der Waals surface area contributed by atoms with Crippen LogP contribution in [0.25, 0.3) is 0 Å². The number of halogens is 3. The first-order chi connectivity index (χ1) is 8.39. The molecule has 18 heavy (non-hydrogen) atoms. The first kappa shape index (κ1) is 12.7. The fraction of sp³-hybridized carbons (Fsp3) is 0.455. The highest BCUT2D eigenvalue weighted by molar-refractivity contribution is 5.83. The van der Waals surface area contributed by atoms with Crippen LogP contribution in [0.3, 0.4) is 0 Å². The number of pyridine rings is 1. The number of primary amides is 1. The molecule has 2 N–H and O–H groups in total. The largest absolute Gasteiger partial charge is 0.433 e. The van der Waals surface area contributed by atoms with Crippen molar-refractivity contribution in [2.75, 3.05) is 11.4 Å². The molecule has 1 aromatic heterocycles. The summed E-state index contributed by atoms with van der Waals surface area (Å²) in [5.41, 5.74) is 4.26. The van der Waals surface area contributed by atoms with Gasteiger partial charge in [0.25, 0.3) is 0 Å². The lowest BCUT2D eigenvalue weighted by Gasteiger charge is -2.23. The fourth-order valence-electron chi connectivity index (χ4n) is 2.08. The summed E-state index contributed by atoms with van der Waals surface area (Å²) >= 11 is 0. The molecule has 98 valence electrons. The van der Waals surface area contributed by atoms with Gasteiger partial charge in [-0.3, -0.25) is 4.79 Å². The summed E-state index contributed by atoms with van der Waals surface area (Å²) in [6.07, 6.45) is -3.23. The summed E-state index contributed by atoms with van der Waals surface area (Å²) < 4.78 is 37.6. The summed E-state index contributed by atoms with van der Waals surface area (Å²) in [7, 11) is 0. The smallest absolute Gasteiger partial charge is 0.368 e. The van der Waals surface area contributed by atoms with Crippen LogP contribution in [-0.2, 0) is 11.0 Å². The molecule has 1 aliphatic rings. The van der Waals surface area contributed by atoms with Gasteiger partial charge in [0, 0.05) is 6.54 Å². The van der Waals surface area contributed by atoms with Gasteiger partial charge in [-0.25, -0.2) is 4.98 Å². The molecule has 0 bridgehead atoms. The second kappa shape index (κ2) is 4.47. The molecule has 1 aromatic rings. The van der Waals surface area contributed by atoms with E-state index in [-0.39, 0.29) is 5.82 Å². The Morgan fingerprint density at radius 2 is 2.17 bits per heavy atom. The Kier molecular flexibility index (Phi) is 3.14. The average molecular weight is 259 g/mol. The summed E-state index contributed by atoms with van der Waals surface area (Å²) in [5, 5.41) is 0. The number of carbonyl (C=O) groups is 1. The summed E-state index contributed by atoms with van der Waals surface area (Å²) in [6.45, 7) is 0.488. The molecule has 1 fully saturated rings. The highest BCUT2D eigenvalue weighted by Gasteiger charge is 2.35. The van der Waals surface area contributed by atoms with Gasteiger partial charge in [0.05, 0.1) is 0 Å². The third-order valence-corrected chi connectivity index (χ3v) is 2.90. The van der Waals surface area contributed by atoms with E-state index >= 15 is 0 Å². The maximum Gasteiger partial charge on any atom is 0.433 e. The van der Waals surface area contributed by atoms with Crippen LogP contribution < -0.4 is 10.6 Å². The van der Waals surface area contributed by atoms with Gasteiger partial charge in [-0.1, -0.05) is 6.07 Å². The second-order valence-corrected chi connectivity index (χ2v) is 4.13. The van der Waals surface area contributed by atoms with Crippen LogP contribution in [0.4, 0.5) is 19.0 Å². The normalized spacial score (nSPS) is 20.2. The molecule has 0 unspecified atom stereocenters. The third kappa shape index (κ3) is 2.39. The van der Waals surface area contributed by atoms with E-state index in [0.717, 1.165) is 6.07 Å². The van der Waals surface area contributed by atoms with Crippen molar-refractivity contribution in [3.05, 3.63) is 23.9 Å². The van der Waals surface area contributed by atoms with Gasteiger partial charge in [0.1, 0.15) is 17.6 Å². The second-order valence-electron chi connectivity index (χ2n) is 4.13. The standard InChI is InChI=1S/C11H12F3N3O/c12-11(13,14)8-4-1-5-9(16-8)17-6-2-3-7(17)10(15)18/h1,4-5,7H,2-3,6H2,(H2,15,18)/t7-/m0/s1. The van der Waals surface area contributed by atoms with Crippen molar-refractivity contribution in [2.24, 2.45) is 5.73 Å². The van der Waals surface area contributed by atoms with Crippen LogP contribution in [0.15, 0.2) is 18.2 Å². The number of anilines is 1. The molecule has 4 nitrogen and oxygen atoms in total. The van der Waals surface area contributed by atoms with E-state index in [1.165, 1.54) is 17.0 Å². The SMILES string of the molecule is NC(=O)[C@@H]1CCCN1c1cccc(C(F)(F)F)n1. The Hall–Kier alpha value is -1.79. The minimum Gasteiger partial charge on any atom is -0.368 e. The number of nitrogens with two attached hydrogens (primary N) is 1. The van der Waals surface area contributed by atoms with Crippen LogP contribution in [0.5, 0.6) is 0 Å². The summed E-state index contributed by atoms with van der Waals surface area (Å²) in [6, 6.07) is 3.07. The van der Waals surface area contributed by atoms with Gasteiger partial charge in [-0.05, 0) is 25.0 Å². The highest BCUT2D eigenvalue weighted by Crippen LogP contribution is 2.30. The topological polar surface area (TPSA) is 59.2 Å². The van der Waals surface area contributed by atoms with Crippen LogP contribution in [0, 0.1) is 0 Å². The highest BCUT2D eigenvalue weighted by atomic mass is 19.4. The van der Waals surface area contributed by atoms with Gasteiger partial charge in [0.15, 0.2) is 0 Å². The van der Waals surface area contributed by atoms with Crippen molar-refractivity contribution >= 4 is 11.7 Å². The molecule has 7 heteroatoms. The van der Waals surface area contributed by atoms with Crippen LogP contribution in [0.1, 0.15) is 18.5 Å². The molecule has 2 heterocycles. The number of hydrogen-bond donors (Lipinski definition) is 1. The van der Waals surface area contributed by atoms with E-state index in [9.17, 15) is 18.0 Å². The fourth-order valence-corrected chi connectivity index (χ4v) is 2.08. The molecule has 0 aliphatic carbocycles. The number of carbonyl (C=O) groups excluding carboxylic acids is 1. The molecule has 1 amide bonds. The van der Waals surface area contributed by atoms with Crippen molar-refractivity contribution in [1.82, 2.24) is 4.98 Å². The lowest BCUT2D eigenvalue weighted by Crippen LogP contribution is -2.40. The number of alkyl halides is 3. The van der Waals surface area contributed by atoms with E-state index in [2.05, 4.69) is 4.98 Å². The minimum absolute atomic E-state index is 0.145. The zero-order valence-corrected chi connectivity index (χ0v) is 9.44. The van der Waals surface area contributed by atoms with Gasteiger partial charge >= 0.3 is 6.18 Å². The summed E-state index contributed by atoms with van der Waals surface area (Å²) in [4.78, 5) is 16.3. The van der Waals surface area contributed by atoms with Crippen molar-refractivity contribution < 1.29 is 18.0 Å². The van der Waals surface area contributed by atoms with Gasteiger partial charge < -0.3 is 10.6 Å². The maximum absolute atomic E-state index is 12.5. The lowest BCUT2D eigenvalue weighted by atomic mass is 10.2. The van der Waals surface area contributed by atoms with E-state index in [4.69, 9.17) is 5.73 Å². The molecule has 0 aromatic carbocycles. The molecular formula is C11H12F3N3O. The number of amides is 1. The molecule has 1 atom stereocenters. The Morgan fingerprint density at radius 3 is 2.78 bits per heavy atom. The molecule has 0 spiro atoms. The van der Waals surface area contributed by atoms with Crippen LogP contribution in [0.2, 0.25) is 0 Å². The van der Waals surface area contributed by atoms with E-state index < -0.39 is 23.8 Å². The maximum atomic E-state index is 12.5. The lowest BCUT2D eigenvalue weighted by molar-refractivity contribution is -0.141. The predicted molar refractivity (Wildman–Crippen MR) is 58.8 cm³/mol. The molecule has 1 saturated heterocycles. The van der Waals surface area contributed by atoms with Crippen LogP contribution in [-0.4, -0.2) is 23.5 Å². The Bertz CT molecular complexity index is 461. The molecule has 2 rings (SSSR count). The van der Waals surface area contributed by atoms with E-state index in [1.807, 2.05) is 0 Å². The van der Waals surface area contributed by atoms with Crippen molar-refractivity contribution in [1.29, 1.82) is 0 Å². The number of rotatable bonds is 2. The number of hydrogen-bond acceptors (Lipinski definition) is 3. The van der Waals surface area contributed by atoms with Crippen molar-refractivity contribution in [3.63, 3.8) is 0 Å². The quantitative estimate of drug-likeness (QED) is 0.876. The Balaban J connectivity index is 2.31. The number of aromatic nitrogens is 1. The number of nitrogens with zero attached hydrogens (tertiary/aromatic N) is 2. The average Bonchev–Trinajstić information content (AvgIpc) is 2.77. The molecular weight excluding hydrogens is 247 g/mol. The monoisotopic (exact) mass is 259 g/mol. The first-order valence-electron chi connectivity index (χ1n) is 5.50. The van der Waals surface area contributed by atoms with Gasteiger partial charge in [-0.15, -0.1) is 0 Å². The minimum atomic E-state index is -4.49. The predicted octanol–water partition coefficient (Wildman–Crippen LogP) is 1.55. The molecule has 0 radical (unpaired) electrons. The van der Waals surface area contributed by atoms with Crippen molar-refractivity contribution in [2.45, 2.75) is 25.1 Å². The van der Waals surface area contributed by atoms with Crippen LogP contribution >= 0.6 is 0 Å². The van der Waals surface area contributed by atoms with Gasteiger partial charge in [-0.2, -0.15) is 13.2 Å². The van der Waals surface area contributed by atoms with E-state index in [0.29, 0.717) is 19.4 Å². The summed E-state index contributed by atoms with van der Waals surface area (Å²) in [5.74, 6) is -0.391. The van der Waals surface area contributed by atoms with Crippen molar-refractivity contribution in [3.8, 4) is 0 Å². The van der Waals surface area contributed by atoms with E-state index in [1.54, 1.807) is 0 Å². The molecule has 0 saturated carbocycles. The first-order valence-corrected chi connectivity index (χ1v) is 5.50. The van der Waals surface area contributed by atoms with Gasteiger partial charge in [0.2, 0.25) is 5.91 Å². The zero-order chi connectivity index (χ0) is 13.3. The third-order valence-electron chi connectivity index (χ3n) is 2.90.